The van der Waals surface area contributed by atoms with Crippen molar-refractivity contribution in [3.05, 3.63) is 29.6 Å². The molecule has 1 N–H and O–H groups in total. The van der Waals surface area contributed by atoms with Gasteiger partial charge >= 0.3 is 0 Å². The third-order valence-corrected chi connectivity index (χ3v) is 3.03. The number of aromatic amines is 1. The number of rotatable bonds is 2. The van der Waals surface area contributed by atoms with Crippen LogP contribution in [0.1, 0.15) is 33.0 Å². The lowest BCUT2D eigenvalue weighted by atomic mass is 9.90. The van der Waals surface area contributed by atoms with E-state index in [2.05, 4.69) is 9.97 Å². The molecule has 0 aliphatic carbocycles. The van der Waals surface area contributed by atoms with Crippen molar-refractivity contribution in [1.29, 1.82) is 0 Å². The van der Waals surface area contributed by atoms with E-state index in [0.717, 1.165) is 12.5 Å². The van der Waals surface area contributed by atoms with Crippen molar-refractivity contribution in [3.8, 4) is 0 Å². The monoisotopic (exact) mass is 224 g/mol. The molecule has 16 heavy (non-hydrogen) atoms. The van der Waals surface area contributed by atoms with Gasteiger partial charge in [0.1, 0.15) is 17.2 Å². The van der Waals surface area contributed by atoms with Gasteiger partial charge in [0.05, 0.1) is 5.52 Å². The van der Waals surface area contributed by atoms with Crippen LogP contribution in [0.3, 0.4) is 0 Å². The number of imidazole rings is 1. The molecule has 0 aliphatic rings. The van der Waals surface area contributed by atoms with Crippen LogP contribution in [0.25, 0.3) is 11.0 Å². The number of benzene rings is 1. The summed E-state index contributed by atoms with van der Waals surface area (Å²) in [6.45, 7) is 6.06. The van der Waals surface area contributed by atoms with Crippen LogP contribution in [-0.2, 0) is 5.41 Å². The molecule has 1 aromatic carbocycles. The average Bonchev–Trinajstić information content (AvgIpc) is 2.62. The number of halogens is 2. The van der Waals surface area contributed by atoms with E-state index in [1.54, 1.807) is 0 Å². The number of H-pyrrole nitrogens is 1. The molecule has 0 amide bonds. The highest BCUT2D eigenvalue weighted by atomic mass is 19.1. The highest BCUT2D eigenvalue weighted by Crippen LogP contribution is 2.27. The van der Waals surface area contributed by atoms with Gasteiger partial charge < -0.3 is 4.98 Å². The minimum absolute atomic E-state index is 0.165. The first kappa shape index (κ1) is 11.0. The molecule has 2 nitrogen and oxygen atoms in total. The van der Waals surface area contributed by atoms with Crippen molar-refractivity contribution in [3.63, 3.8) is 0 Å². The first-order valence-electron chi connectivity index (χ1n) is 5.29. The Hall–Kier alpha value is -1.45. The molecule has 0 fully saturated rings. The zero-order valence-corrected chi connectivity index (χ0v) is 9.56. The van der Waals surface area contributed by atoms with E-state index in [1.165, 1.54) is 6.07 Å². The molecule has 86 valence electrons. The van der Waals surface area contributed by atoms with Crippen molar-refractivity contribution in [2.45, 2.75) is 32.6 Å². The van der Waals surface area contributed by atoms with Gasteiger partial charge in [-0.15, -0.1) is 0 Å². The molecule has 0 atom stereocenters. The van der Waals surface area contributed by atoms with Crippen LogP contribution >= 0.6 is 0 Å². The van der Waals surface area contributed by atoms with Gasteiger partial charge in [0.2, 0.25) is 0 Å². The Morgan fingerprint density at radius 1 is 1.31 bits per heavy atom. The number of nitrogens with one attached hydrogen (secondary N) is 1. The van der Waals surface area contributed by atoms with E-state index < -0.39 is 11.6 Å². The topological polar surface area (TPSA) is 28.7 Å². The number of fused-ring (bicyclic) bond motifs is 1. The molecule has 4 heteroatoms. The molecular weight excluding hydrogens is 210 g/mol. The minimum Gasteiger partial charge on any atom is -0.341 e. The summed E-state index contributed by atoms with van der Waals surface area (Å²) in [4.78, 5) is 7.18. The molecule has 0 unspecified atom stereocenters. The second-order valence-electron chi connectivity index (χ2n) is 4.61. The molecule has 2 aromatic rings. The molecule has 1 aromatic heterocycles. The lowest BCUT2D eigenvalue weighted by Crippen LogP contribution is -2.17. The Morgan fingerprint density at radius 3 is 2.62 bits per heavy atom. The Kier molecular flexibility index (Phi) is 2.45. The second-order valence-corrected chi connectivity index (χ2v) is 4.61. The summed E-state index contributed by atoms with van der Waals surface area (Å²) in [5.74, 6) is -0.520. The molecule has 0 radical (unpaired) electrons. The van der Waals surface area contributed by atoms with E-state index in [0.29, 0.717) is 11.3 Å². The average molecular weight is 224 g/mol. The lowest BCUT2D eigenvalue weighted by Gasteiger charge is -2.18. The van der Waals surface area contributed by atoms with Gasteiger partial charge in [-0.05, 0) is 12.5 Å². The van der Waals surface area contributed by atoms with Gasteiger partial charge in [-0.1, -0.05) is 20.8 Å². The highest BCUT2D eigenvalue weighted by Gasteiger charge is 2.23. The van der Waals surface area contributed by atoms with Gasteiger partial charge in [-0.2, -0.15) is 0 Å². The SMILES string of the molecule is CCC(C)(C)c1nc2c(F)cc(F)cc2[nH]1. The molecule has 0 aliphatic heterocycles. The molecule has 2 rings (SSSR count). The third-order valence-electron chi connectivity index (χ3n) is 3.03. The maximum absolute atomic E-state index is 13.4. The summed E-state index contributed by atoms with van der Waals surface area (Å²) < 4.78 is 26.4. The number of nitrogens with zero attached hydrogens (tertiary/aromatic N) is 1. The third kappa shape index (κ3) is 1.68. The fourth-order valence-electron chi connectivity index (χ4n) is 1.53. The van der Waals surface area contributed by atoms with E-state index in [-0.39, 0.29) is 10.9 Å². The van der Waals surface area contributed by atoms with Crippen LogP contribution in [0.2, 0.25) is 0 Å². The standard InChI is InChI=1S/C12H14F2N2/c1-4-12(2,3)11-15-9-6-7(13)5-8(14)10(9)16-11/h5-6H,4H2,1-3H3,(H,15,16). The maximum atomic E-state index is 13.4. The predicted molar refractivity (Wildman–Crippen MR) is 59.3 cm³/mol. The fraction of sp³-hybridized carbons (Fsp3) is 0.417. The number of hydrogen-bond acceptors (Lipinski definition) is 1. The molecule has 0 spiro atoms. The molecular formula is C12H14F2N2. The van der Waals surface area contributed by atoms with Crippen LogP contribution < -0.4 is 0 Å². The van der Waals surface area contributed by atoms with Gasteiger partial charge in [0, 0.05) is 11.5 Å². The first-order chi connectivity index (χ1) is 7.44. The zero-order valence-electron chi connectivity index (χ0n) is 9.56. The second kappa shape index (κ2) is 3.54. The van der Waals surface area contributed by atoms with E-state index in [9.17, 15) is 8.78 Å². The van der Waals surface area contributed by atoms with Crippen molar-refractivity contribution in [2.24, 2.45) is 0 Å². The molecule has 0 bridgehead atoms. The van der Waals surface area contributed by atoms with Gasteiger partial charge in [0.15, 0.2) is 5.82 Å². The molecule has 1 heterocycles. The van der Waals surface area contributed by atoms with Crippen LogP contribution in [0.5, 0.6) is 0 Å². The Labute approximate surface area is 92.7 Å². The predicted octanol–water partition coefficient (Wildman–Crippen LogP) is 3.53. The minimum atomic E-state index is -0.621. The van der Waals surface area contributed by atoms with Crippen LogP contribution in [-0.4, -0.2) is 9.97 Å². The quantitative estimate of drug-likeness (QED) is 0.830. The summed E-state index contributed by atoms with van der Waals surface area (Å²) in [6, 6.07) is 2.12. The van der Waals surface area contributed by atoms with Crippen LogP contribution in [0.4, 0.5) is 8.78 Å². The van der Waals surface area contributed by atoms with Gasteiger partial charge in [0.25, 0.3) is 0 Å². The normalized spacial score (nSPS) is 12.3. The zero-order chi connectivity index (χ0) is 11.9. The Balaban J connectivity index is 2.65. The number of aromatic nitrogens is 2. The number of hydrogen-bond donors (Lipinski definition) is 1. The van der Waals surface area contributed by atoms with Gasteiger partial charge in [-0.25, -0.2) is 13.8 Å². The first-order valence-corrected chi connectivity index (χ1v) is 5.29. The van der Waals surface area contributed by atoms with Crippen LogP contribution in [0.15, 0.2) is 12.1 Å². The summed E-state index contributed by atoms with van der Waals surface area (Å²) in [7, 11) is 0. The maximum Gasteiger partial charge on any atom is 0.153 e. The largest absolute Gasteiger partial charge is 0.341 e. The lowest BCUT2D eigenvalue weighted by molar-refractivity contribution is 0.479. The van der Waals surface area contributed by atoms with Crippen molar-refractivity contribution < 1.29 is 8.78 Å². The van der Waals surface area contributed by atoms with Gasteiger partial charge in [-0.3, -0.25) is 0 Å². The van der Waals surface area contributed by atoms with E-state index in [1.807, 2.05) is 20.8 Å². The van der Waals surface area contributed by atoms with E-state index in [4.69, 9.17) is 0 Å². The van der Waals surface area contributed by atoms with Crippen molar-refractivity contribution in [1.82, 2.24) is 9.97 Å². The summed E-state index contributed by atoms with van der Waals surface area (Å²) >= 11 is 0. The fourth-order valence-corrected chi connectivity index (χ4v) is 1.53. The van der Waals surface area contributed by atoms with Crippen LogP contribution in [0, 0.1) is 11.6 Å². The Morgan fingerprint density at radius 2 is 2.00 bits per heavy atom. The molecule has 0 saturated heterocycles. The Bertz CT molecular complexity index is 529. The summed E-state index contributed by atoms with van der Waals surface area (Å²) in [5, 5.41) is 0. The summed E-state index contributed by atoms with van der Waals surface area (Å²) in [6.07, 6.45) is 0.872. The van der Waals surface area contributed by atoms with Crippen molar-refractivity contribution >= 4 is 11.0 Å². The van der Waals surface area contributed by atoms with E-state index >= 15 is 0 Å². The summed E-state index contributed by atoms with van der Waals surface area (Å²) in [5.41, 5.74) is 0.453. The highest BCUT2D eigenvalue weighted by molar-refractivity contribution is 5.76. The molecule has 0 saturated carbocycles. The van der Waals surface area contributed by atoms with Crippen molar-refractivity contribution in [2.75, 3.05) is 0 Å². The smallest absolute Gasteiger partial charge is 0.153 e.